The van der Waals surface area contributed by atoms with Crippen molar-refractivity contribution in [2.24, 2.45) is 11.8 Å². The number of benzene rings is 2. The Kier molecular flexibility index (Phi) is 29.5. The molecular weight excluding hydrogens is 593 g/mol. The number of halogens is 3. The van der Waals surface area contributed by atoms with Crippen LogP contribution in [0.4, 0.5) is 0 Å². The molecule has 224 valence electrons. The van der Waals surface area contributed by atoms with Crippen molar-refractivity contribution in [3.63, 3.8) is 0 Å². The first-order chi connectivity index (χ1) is 18.6. The molecular formula is C32H44Cl3MgNO4. The molecule has 1 saturated heterocycles. The van der Waals surface area contributed by atoms with Crippen LogP contribution in [-0.4, -0.2) is 67.2 Å². The van der Waals surface area contributed by atoms with E-state index in [1.807, 2.05) is 48.5 Å². The quantitative estimate of drug-likeness (QED) is 0.165. The standard InChI is InChI=1S/C13H18ClNO2.C13H15ClO.C4H8O.C2H3.ClH.Mg/c1-10(9-13(16)15(2)17-3)8-11-4-6-12(14)7-5-11;1-3-13(15)9-10(2)8-11-4-6-12(14)7-5-11;1-2-4-5-3-1;1-2;;/h4-7,10H,8-9H2,1-3H3;3-7,10H,1,8-9H2,2H3;1-4H2;1H,2H2;1H;/q;;;-1;;+2/p-1. The van der Waals surface area contributed by atoms with E-state index >= 15 is 0 Å². The van der Waals surface area contributed by atoms with Crippen LogP contribution in [0.5, 0.6) is 0 Å². The molecule has 1 aliphatic heterocycles. The number of allylic oxidation sites excluding steroid dienone is 1. The van der Waals surface area contributed by atoms with Crippen LogP contribution in [0.15, 0.2) is 67.8 Å². The molecule has 0 radical (unpaired) electrons. The molecule has 5 nitrogen and oxygen atoms in total. The van der Waals surface area contributed by atoms with E-state index in [0.717, 1.165) is 36.1 Å². The van der Waals surface area contributed by atoms with Gasteiger partial charge in [-0.1, -0.05) is 67.9 Å². The number of rotatable bonds is 10. The van der Waals surface area contributed by atoms with Crippen molar-refractivity contribution in [2.45, 2.75) is 52.4 Å². The first-order valence-corrected chi connectivity index (χ1v) is 13.8. The van der Waals surface area contributed by atoms with Crippen LogP contribution in [0.25, 0.3) is 0 Å². The van der Waals surface area contributed by atoms with Crippen LogP contribution >= 0.6 is 23.2 Å². The fourth-order valence-electron chi connectivity index (χ4n) is 3.66. The molecule has 1 aliphatic rings. The van der Waals surface area contributed by atoms with Crippen molar-refractivity contribution in [3.05, 3.63) is 95.5 Å². The minimum atomic E-state index is -0.00559. The van der Waals surface area contributed by atoms with Gasteiger partial charge in [-0.2, -0.15) is 0 Å². The van der Waals surface area contributed by atoms with Gasteiger partial charge in [0.15, 0.2) is 5.78 Å². The predicted molar refractivity (Wildman–Crippen MR) is 169 cm³/mol. The summed E-state index contributed by atoms with van der Waals surface area (Å²) in [5.74, 6) is 0.725. The summed E-state index contributed by atoms with van der Waals surface area (Å²) in [6.07, 6.45) is 6.74. The van der Waals surface area contributed by atoms with E-state index in [0.29, 0.717) is 18.8 Å². The van der Waals surface area contributed by atoms with Crippen LogP contribution in [0.1, 0.15) is 50.7 Å². The van der Waals surface area contributed by atoms with Gasteiger partial charge in [0.1, 0.15) is 0 Å². The maximum Gasteiger partial charge on any atom is 2.00 e. The first kappa shape index (κ1) is 44.1. The van der Waals surface area contributed by atoms with E-state index in [1.165, 1.54) is 42.2 Å². The van der Waals surface area contributed by atoms with Gasteiger partial charge in [0.05, 0.1) is 7.11 Å². The van der Waals surface area contributed by atoms with Crippen LogP contribution in [-0.2, 0) is 32.0 Å². The molecule has 0 spiro atoms. The molecule has 3 rings (SSSR count). The maximum atomic E-state index is 11.6. The third kappa shape index (κ3) is 22.8. The molecule has 2 aromatic carbocycles. The van der Waals surface area contributed by atoms with Gasteiger partial charge in [-0.05, 0) is 79.0 Å². The third-order valence-electron chi connectivity index (χ3n) is 5.75. The van der Waals surface area contributed by atoms with E-state index in [-0.39, 0.29) is 53.1 Å². The summed E-state index contributed by atoms with van der Waals surface area (Å²) in [5.41, 5.74) is 2.40. The number of ether oxygens (including phenoxy) is 1. The average Bonchev–Trinajstić information content (AvgIpc) is 3.52. The summed E-state index contributed by atoms with van der Waals surface area (Å²) >= 11 is 11.6. The number of amides is 1. The fraction of sp³-hybridized carbons (Fsp3) is 0.438. The molecule has 0 aromatic heterocycles. The molecule has 1 amide bonds. The molecule has 2 atom stereocenters. The number of hydroxylamine groups is 2. The number of carbonyl (C=O) groups is 2. The van der Waals surface area contributed by atoms with Gasteiger partial charge in [0.25, 0.3) is 0 Å². The summed E-state index contributed by atoms with van der Waals surface area (Å²) in [4.78, 5) is 27.6. The molecule has 0 bridgehead atoms. The van der Waals surface area contributed by atoms with Crippen molar-refractivity contribution < 1.29 is 31.6 Å². The maximum absolute atomic E-state index is 11.6. The zero-order chi connectivity index (χ0) is 29.6. The van der Waals surface area contributed by atoms with Gasteiger partial charge < -0.3 is 23.7 Å². The van der Waals surface area contributed by atoms with Gasteiger partial charge in [-0.25, -0.2) is 5.06 Å². The molecule has 0 N–H and O–H groups in total. The molecule has 1 fully saturated rings. The minimum Gasteiger partial charge on any atom is -1.00 e. The molecule has 1 heterocycles. The summed E-state index contributed by atoms with van der Waals surface area (Å²) in [5, 5.41) is 2.74. The number of hydrogen-bond donors (Lipinski definition) is 0. The Bertz CT molecular complexity index is 947. The fourth-order valence-corrected chi connectivity index (χ4v) is 3.91. The van der Waals surface area contributed by atoms with E-state index in [2.05, 4.69) is 33.6 Å². The minimum absolute atomic E-state index is 0. The van der Waals surface area contributed by atoms with Crippen LogP contribution in [0, 0.1) is 18.4 Å². The van der Waals surface area contributed by atoms with Gasteiger partial charge in [-0.3, -0.25) is 21.0 Å². The summed E-state index contributed by atoms with van der Waals surface area (Å²) in [6, 6.07) is 15.5. The summed E-state index contributed by atoms with van der Waals surface area (Å²) < 4.78 is 4.94. The first-order valence-electron chi connectivity index (χ1n) is 13.1. The van der Waals surface area contributed by atoms with Crippen LogP contribution < -0.4 is 12.4 Å². The molecule has 0 aliphatic carbocycles. The smallest absolute Gasteiger partial charge is 1.00 e. The van der Waals surface area contributed by atoms with Crippen molar-refractivity contribution in [1.82, 2.24) is 5.06 Å². The average molecular weight is 637 g/mol. The Morgan fingerprint density at radius 1 is 0.927 bits per heavy atom. The predicted octanol–water partition coefficient (Wildman–Crippen LogP) is 4.62. The van der Waals surface area contributed by atoms with Gasteiger partial charge in [0.2, 0.25) is 5.91 Å². The van der Waals surface area contributed by atoms with Crippen molar-refractivity contribution in [1.29, 1.82) is 0 Å². The number of nitrogens with zero attached hydrogens (tertiary/aromatic N) is 1. The van der Waals surface area contributed by atoms with Crippen LogP contribution in [0.3, 0.4) is 0 Å². The Balaban J connectivity index is -0.000000551. The monoisotopic (exact) mass is 635 g/mol. The molecule has 9 heteroatoms. The zero-order valence-corrected chi connectivity index (χ0v) is 28.6. The molecule has 2 aromatic rings. The number of ketones is 1. The second-order valence-electron chi connectivity index (χ2n) is 9.34. The van der Waals surface area contributed by atoms with Crippen molar-refractivity contribution in [3.8, 4) is 0 Å². The van der Waals surface area contributed by atoms with Crippen molar-refractivity contribution in [2.75, 3.05) is 27.4 Å². The van der Waals surface area contributed by atoms with Gasteiger partial charge >= 0.3 is 23.1 Å². The van der Waals surface area contributed by atoms with E-state index in [4.69, 9.17) is 32.8 Å². The number of hydrogen-bond acceptors (Lipinski definition) is 4. The number of carbonyl (C=O) groups excluding carboxylic acids is 2. The van der Waals surface area contributed by atoms with Crippen LogP contribution in [0.2, 0.25) is 10.0 Å². The van der Waals surface area contributed by atoms with E-state index < -0.39 is 0 Å². The van der Waals surface area contributed by atoms with Gasteiger partial charge in [0, 0.05) is 43.1 Å². The zero-order valence-electron chi connectivity index (χ0n) is 24.9. The normalized spacial score (nSPS) is 12.5. The Labute approximate surface area is 280 Å². The third-order valence-corrected chi connectivity index (χ3v) is 6.25. The van der Waals surface area contributed by atoms with Crippen molar-refractivity contribution >= 4 is 57.9 Å². The SMILES string of the molecule is C1CCOC1.C=CC(=O)CC(C)Cc1ccc(Cl)cc1.CON(C)C(=O)CC(C)Cc1ccc(Cl)cc1.[CH-]=C.[Cl-].[Mg+2]. The molecule has 0 saturated carbocycles. The largest absolute Gasteiger partial charge is 2.00 e. The molecule has 2 unspecified atom stereocenters. The Morgan fingerprint density at radius 3 is 1.63 bits per heavy atom. The topological polar surface area (TPSA) is 55.8 Å². The molecule has 41 heavy (non-hydrogen) atoms. The second-order valence-corrected chi connectivity index (χ2v) is 10.2. The second kappa shape index (κ2) is 27.4. The van der Waals surface area contributed by atoms with E-state index in [1.54, 1.807) is 7.05 Å². The van der Waals surface area contributed by atoms with E-state index in [9.17, 15) is 9.59 Å². The van der Waals surface area contributed by atoms with Gasteiger partial charge in [-0.15, -0.1) is 0 Å². The Morgan fingerprint density at radius 2 is 1.32 bits per heavy atom. The summed E-state index contributed by atoms with van der Waals surface area (Å²) in [7, 11) is 3.11. The Hall–Kier alpha value is -1.38. The summed E-state index contributed by atoms with van der Waals surface area (Å²) in [6.45, 7) is 16.6.